The standard InChI is InChI=1S/C29H25F2N7O2/c1-33-22(14-17-7-8-17)29(39)37-13-3-4-19(37)15-38-28-24(27(32)34-16-35-28)26(36-38)18-9-11-20(12-10-18)40-23-6-2-5-21(30)25(23)31/h2,5-6,9-12,14,16-17,19H,3-4,7-8,13,15H2,(H2,32,34,35)/b22-14+/t19-/m1/s1. The fourth-order valence-electron chi connectivity index (χ4n) is 5.01. The molecule has 202 valence electrons. The first kappa shape index (κ1) is 25.4. The van der Waals surface area contributed by atoms with E-state index in [4.69, 9.17) is 22.1 Å². The van der Waals surface area contributed by atoms with Crippen molar-refractivity contribution in [2.75, 3.05) is 12.3 Å². The highest BCUT2D eigenvalue weighted by atomic mass is 19.2. The molecule has 1 saturated heterocycles. The number of carbonyl (C=O) groups excluding carboxylic acids is 1. The van der Waals surface area contributed by atoms with Crippen LogP contribution in [0, 0.1) is 24.1 Å². The summed E-state index contributed by atoms with van der Waals surface area (Å²) in [6.07, 6.45) is 6.83. The van der Waals surface area contributed by atoms with E-state index in [0.29, 0.717) is 47.0 Å². The quantitative estimate of drug-likeness (QED) is 0.250. The molecule has 0 spiro atoms. The number of nitrogens with two attached hydrogens (primary N) is 1. The summed E-state index contributed by atoms with van der Waals surface area (Å²) in [4.78, 5) is 27.1. The molecule has 2 fully saturated rings. The van der Waals surface area contributed by atoms with Crippen LogP contribution in [-0.4, -0.2) is 43.1 Å². The van der Waals surface area contributed by atoms with Gasteiger partial charge in [-0.1, -0.05) is 12.1 Å². The molecule has 1 aliphatic carbocycles. The molecule has 1 amide bonds. The number of allylic oxidation sites excluding steroid dienone is 1. The van der Waals surface area contributed by atoms with Crippen LogP contribution in [0.5, 0.6) is 11.5 Å². The number of ether oxygens (including phenoxy) is 1. The van der Waals surface area contributed by atoms with Crippen LogP contribution >= 0.6 is 0 Å². The van der Waals surface area contributed by atoms with Crippen molar-refractivity contribution in [3.05, 3.63) is 83.6 Å². The van der Waals surface area contributed by atoms with Gasteiger partial charge >= 0.3 is 0 Å². The highest BCUT2D eigenvalue weighted by molar-refractivity contribution is 5.98. The number of rotatable bonds is 7. The summed E-state index contributed by atoms with van der Waals surface area (Å²) in [5.41, 5.74) is 8.21. The Kier molecular flexibility index (Phi) is 6.59. The summed E-state index contributed by atoms with van der Waals surface area (Å²) in [7, 11) is 0. The highest BCUT2D eigenvalue weighted by Crippen LogP contribution is 2.35. The predicted molar refractivity (Wildman–Crippen MR) is 144 cm³/mol. The summed E-state index contributed by atoms with van der Waals surface area (Å²) < 4.78 is 34.8. The molecule has 2 aliphatic rings. The minimum Gasteiger partial charge on any atom is -0.454 e. The topological polar surface area (TPSA) is 104 Å². The van der Waals surface area contributed by atoms with E-state index in [1.165, 1.54) is 18.5 Å². The first-order chi connectivity index (χ1) is 19.4. The Hall–Kier alpha value is -4.85. The normalized spacial score (nSPS) is 17.3. The number of hydrogen-bond acceptors (Lipinski definition) is 6. The van der Waals surface area contributed by atoms with Crippen molar-refractivity contribution in [2.24, 2.45) is 5.92 Å². The zero-order valence-corrected chi connectivity index (χ0v) is 21.4. The van der Waals surface area contributed by atoms with Crippen LogP contribution in [0.1, 0.15) is 25.7 Å². The van der Waals surface area contributed by atoms with Crippen LogP contribution in [0.3, 0.4) is 0 Å². The van der Waals surface area contributed by atoms with Crippen LogP contribution < -0.4 is 10.5 Å². The lowest BCUT2D eigenvalue weighted by Gasteiger charge is -2.24. The minimum absolute atomic E-state index is 0.152. The SMILES string of the molecule is [C-]#[N+]/C(=C/C1CC1)C(=O)N1CCC[C@@H]1Cn1nc(-c2ccc(Oc3cccc(F)c3F)cc2)c2c(N)ncnc21. The lowest BCUT2D eigenvalue weighted by atomic mass is 10.1. The molecule has 9 nitrogen and oxygen atoms in total. The van der Waals surface area contributed by atoms with Crippen molar-refractivity contribution < 1.29 is 18.3 Å². The van der Waals surface area contributed by atoms with Gasteiger partial charge in [0, 0.05) is 12.1 Å². The lowest BCUT2D eigenvalue weighted by molar-refractivity contribution is -0.127. The van der Waals surface area contributed by atoms with Crippen molar-refractivity contribution in [1.29, 1.82) is 0 Å². The number of anilines is 1. The molecule has 3 heterocycles. The van der Waals surface area contributed by atoms with Gasteiger partial charge in [-0.25, -0.2) is 23.9 Å². The van der Waals surface area contributed by atoms with Crippen LogP contribution in [0.15, 0.2) is 60.6 Å². The molecule has 0 unspecified atom stereocenters. The number of fused-ring (bicyclic) bond motifs is 1. The molecule has 2 aromatic carbocycles. The zero-order valence-electron chi connectivity index (χ0n) is 21.4. The number of carbonyl (C=O) groups is 1. The Morgan fingerprint density at radius 1 is 1.15 bits per heavy atom. The number of hydrogen-bond donors (Lipinski definition) is 1. The Morgan fingerprint density at radius 2 is 1.95 bits per heavy atom. The monoisotopic (exact) mass is 541 g/mol. The third kappa shape index (κ3) is 4.84. The third-order valence-corrected chi connectivity index (χ3v) is 7.21. The van der Waals surface area contributed by atoms with E-state index < -0.39 is 11.6 Å². The van der Waals surface area contributed by atoms with Gasteiger partial charge in [-0.15, -0.1) is 0 Å². The molecule has 1 aliphatic heterocycles. The van der Waals surface area contributed by atoms with Crippen LogP contribution in [0.25, 0.3) is 27.1 Å². The van der Waals surface area contributed by atoms with Gasteiger partial charge in [0.05, 0.1) is 24.5 Å². The highest BCUT2D eigenvalue weighted by Gasteiger charge is 2.33. The second kappa shape index (κ2) is 10.4. The van der Waals surface area contributed by atoms with Crippen molar-refractivity contribution >= 4 is 22.8 Å². The van der Waals surface area contributed by atoms with Gasteiger partial charge in [0.15, 0.2) is 17.2 Å². The Balaban J connectivity index is 1.28. The van der Waals surface area contributed by atoms with E-state index in [-0.39, 0.29) is 29.2 Å². The van der Waals surface area contributed by atoms with Crippen molar-refractivity contribution in [1.82, 2.24) is 24.6 Å². The van der Waals surface area contributed by atoms with Gasteiger partial charge in [0.1, 0.15) is 23.6 Å². The second-order valence-corrected chi connectivity index (χ2v) is 9.96. The first-order valence-corrected chi connectivity index (χ1v) is 13.0. The van der Waals surface area contributed by atoms with E-state index in [1.807, 2.05) is 0 Å². The fraction of sp³-hybridized carbons (Fsp3) is 0.276. The van der Waals surface area contributed by atoms with Crippen LogP contribution in [-0.2, 0) is 11.3 Å². The molecule has 11 heteroatoms. The van der Waals surface area contributed by atoms with Gasteiger partial charge in [-0.2, -0.15) is 9.49 Å². The van der Waals surface area contributed by atoms with E-state index in [9.17, 15) is 13.6 Å². The molecule has 4 aromatic rings. The fourth-order valence-corrected chi connectivity index (χ4v) is 5.01. The number of likely N-dealkylation sites (tertiary alicyclic amines) is 1. The van der Waals surface area contributed by atoms with E-state index in [2.05, 4.69) is 14.8 Å². The molecule has 0 radical (unpaired) electrons. The number of nitrogens with zero attached hydrogens (tertiary/aromatic N) is 6. The number of halogens is 2. The van der Waals surface area contributed by atoms with E-state index in [1.54, 1.807) is 39.9 Å². The maximum atomic E-state index is 14.0. The molecule has 0 bridgehead atoms. The average Bonchev–Trinajstić information content (AvgIpc) is 3.54. The minimum atomic E-state index is -1.06. The van der Waals surface area contributed by atoms with Gasteiger partial charge < -0.3 is 15.4 Å². The Morgan fingerprint density at radius 3 is 2.70 bits per heavy atom. The molecule has 6 rings (SSSR count). The van der Waals surface area contributed by atoms with Crippen molar-refractivity contribution in [2.45, 2.75) is 38.3 Å². The van der Waals surface area contributed by atoms with Crippen molar-refractivity contribution in [3.63, 3.8) is 0 Å². The number of amides is 1. The lowest BCUT2D eigenvalue weighted by Crippen LogP contribution is -2.38. The molecule has 1 saturated carbocycles. The summed E-state index contributed by atoms with van der Waals surface area (Å²) in [6, 6.07) is 10.3. The number of aromatic nitrogens is 4. The smallest absolute Gasteiger partial charge is 0.252 e. The van der Waals surface area contributed by atoms with Crippen molar-refractivity contribution in [3.8, 4) is 22.8 Å². The second-order valence-electron chi connectivity index (χ2n) is 9.96. The molecule has 2 aromatic heterocycles. The maximum Gasteiger partial charge on any atom is 0.252 e. The van der Waals surface area contributed by atoms with Gasteiger partial charge in [-0.05, 0) is 68.0 Å². The van der Waals surface area contributed by atoms with Crippen LogP contribution in [0.4, 0.5) is 14.6 Å². The average molecular weight is 542 g/mol. The zero-order chi connectivity index (χ0) is 27.8. The summed E-state index contributed by atoms with van der Waals surface area (Å²) in [5, 5.41) is 5.38. The largest absolute Gasteiger partial charge is 0.454 e. The first-order valence-electron chi connectivity index (χ1n) is 13.0. The van der Waals surface area contributed by atoms with E-state index in [0.717, 1.165) is 31.7 Å². The Bertz CT molecular complexity index is 1670. The van der Waals surface area contributed by atoms with Gasteiger partial charge in [-0.3, -0.25) is 4.79 Å². The van der Waals surface area contributed by atoms with E-state index >= 15 is 0 Å². The molecule has 1 atom stereocenters. The van der Waals surface area contributed by atoms with Gasteiger partial charge in [0.2, 0.25) is 11.5 Å². The summed E-state index contributed by atoms with van der Waals surface area (Å²) >= 11 is 0. The predicted octanol–water partition coefficient (Wildman–Crippen LogP) is 5.35. The Labute approximate surface area is 228 Å². The summed E-state index contributed by atoms with van der Waals surface area (Å²) in [6.45, 7) is 8.47. The molecular formula is C29H25F2N7O2. The third-order valence-electron chi connectivity index (χ3n) is 7.21. The summed E-state index contributed by atoms with van der Waals surface area (Å²) in [5.74, 6) is -1.60. The maximum absolute atomic E-state index is 14.0. The molecule has 2 N–H and O–H groups in total. The number of nitrogen functional groups attached to an aromatic ring is 1. The molecular weight excluding hydrogens is 516 g/mol. The van der Waals surface area contributed by atoms with Gasteiger partial charge in [0.25, 0.3) is 5.91 Å². The van der Waals surface area contributed by atoms with Crippen LogP contribution in [0.2, 0.25) is 0 Å². The number of benzene rings is 2. The molecule has 40 heavy (non-hydrogen) atoms.